The molecule has 25 heavy (non-hydrogen) atoms. The Labute approximate surface area is 146 Å². The number of benzene rings is 1. The quantitative estimate of drug-likeness (QED) is 0.876. The fourth-order valence-corrected chi connectivity index (χ4v) is 3.96. The van der Waals surface area contributed by atoms with Gasteiger partial charge in [0.2, 0.25) is 0 Å². The van der Waals surface area contributed by atoms with Crippen LogP contribution in [0.15, 0.2) is 24.3 Å². The minimum Gasteiger partial charge on any atom is -0.396 e. The molecule has 2 atom stereocenters. The van der Waals surface area contributed by atoms with Crippen LogP contribution >= 0.6 is 0 Å². The number of hydrogen-bond acceptors (Lipinski definition) is 4. The number of carbonyl (C=O) groups is 1. The highest BCUT2D eigenvalue weighted by molar-refractivity contribution is 5.94. The number of nitrogens with zero attached hydrogens (tertiary/aromatic N) is 3. The summed E-state index contributed by atoms with van der Waals surface area (Å²) >= 11 is 0. The van der Waals surface area contributed by atoms with E-state index in [9.17, 15) is 15.0 Å². The predicted molar refractivity (Wildman–Crippen MR) is 92.8 cm³/mol. The van der Waals surface area contributed by atoms with Gasteiger partial charge in [0, 0.05) is 30.3 Å². The zero-order valence-corrected chi connectivity index (χ0v) is 14.4. The van der Waals surface area contributed by atoms with Crippen LogP contribution in [0.2, 0.25) is 0 Å². The molecule has 0 unspecified atom stereocenters. The molecule has 0 spiro atoms. The number of aryl methyl sites for hydroxylation is 1. The van der Waals surface area contributed by atoms with Crippen LogP contribution in [0.4, 0.5) is 0 Å². The molecule has 0 saturated carbocycles. The average Bonchev–Trinajstić information content (AvgIpc) is 3.29. The lowest BCUT2D eigenvalue weighted by atomic mass is 10.1. The summed E-state index contributed by atoms with van der Waals surface area (Å²) in [6, 6.07) is 8.05. The zero-order chi connectivity index (χ0) is 17.6. The Hall–Kier alpha value is -2.18. The maximum atomic E-state index is 13.0. The van der Waals surface area contributed by atoms with Crippen molar-refractivity contribution in [3.8, 4) is 5.69 Å². The number of rotatable bonds is 3. The van der Waals surface area contributed by atoms with Crippen LogP contribution in [0.25, 0.3) is 5.69 Å². The molecule has 1 amide bonds. The molecule has 0 bridgehead atoms. The SMILES string of the molecule is Cc1ccccc1-n1nc(C(=O)N2C[C@H](CO)[C@@H](O)C2)c2c1CCC2. The van der Waals surface area contributed by atoms with Gasteiger partial charge < -0.3 is 15.1 Å². The maximum Gasteiger partial charge on any atom is 0.274 e. The molecule has 2 aromatic rings. The van der Waals surface area contributed by atoms with E-state index in [1.807, 2.05) is 35.9 Å². The molecule has 6 heteroatoms. The third-order valence-corrected chi connectivity index (χ3v) is 5.40. The molecule has 1 aliphatic heterocycles. The molecule has 132 valence electrons. The van der Waals surface area contributed by atoms with Crippen LogP contribution in [0.5, 0.6) is 0 Å². The van der Waals surface area contributed by atoms with Crippen molar-refractivity contribution in [2.24, 2.45) is 5.92 Å². The number of hydrogen-bond donors (Lipinski definition) is 2. The highest BCUT2D eigenvalue weighted by Crippen LogP contribution is 2.30. The van der Waals surface area contributed by atoms with Crippen LogP contribution < -0.4 is 0 Å². The Morgan fingerprint density at radius 2 is 2.08 bits per heavy atom. The molecule has 2 N–H and O–H groups in total. The standard InChI is InChI=1S/C19H23N3O3/c1-12-5-2-3-7-15(12)22-16-8-4-6-14(16)18(20-22)19(25)21-9-13(11-23)17(24)10-21/h2-3,5,7,13,17,23-24H,4,6,8-11H2,1H3/t13-,17+/m1/s1. The van der Waals surface area contributed by atoms with Crippen molar-refractivity contribution in [2.45, 2.75) is 32.3 Å². The van der Waals surface area contributed by atoms with Crippen molar-refractivity contribution in [1.29, 1.82) is 0 Å². The van der Waals surface area contributed by atoms with Crippen LogP contribution in [0.1, 0.15) is 33.7 Å². The second-order valence-electron chi connectivity index (χ2n) is 7.05. The summed E-state index contributed by atoms with van der Waals surface area (Å²) in [6.45, 7) is 2.57. The molecule has 1 aromatic heterocycles. The van der Waals surface area contributed by atoms with Gasteiger partial charge in [0.15, 0.2) is 5.69 Å². The van der Waals surface area contributed by atoms with Crippen molar-refractivity contribution >= 4 is 5.91 Å². The fraction of sp³-hybridized carbons (Fsp3) is 0.474. The van der Waals surface area contributed by atoms with Gasteiger partial charge in [-0.1, -0.05) is 18.2 Å². The van der Waals surface area contributed by atoms with E-state index in [-0.39, 0.29) is 25.0 Å². The second kappa shape index (κ2) is 6.28. The van der Waals surface area contributed by atoms with E-state index in [2.05, 4.69) is 5.10 Å². The monoisotopic (exact) mass is 341 g/mol. The van der Waals surface area contributed by atoms with Crippen molar-refractivity contribution in [3.05, 3.63) is 46.8 Å². The predicted octanol–water partition coefficient (Wildman–Crippen LogP) is 1.09. The highest BCUT2D eigenvalue weighted by atomic mass is 16.3. The van der Waals surface area contributed by atoms with Crippen molar-refractivity contribution in [2.75, 3.05) is 19.7 Å². The summed E-state index contributed by atoms with van der Waals surface area (Å²) < 4.78 is 1.92. The first kappa shape index (κ1) is 16.3. The lowest BCUT2D eigenvalue weighted by molar-refractivity contribution is 0.0756. The summed E-state index contributed by atoms with van der Waals surface area (Å²) in [7, 11) is 0. The number of aromatic nitrogens is 2. The fourth-order valence-electron chi connectivity index (χ4n) is 3.96. The Kier molecular flexibility index (Phi) is 4.09. The summed E-state index contributed by atoms with van der Waals surface area (Å²) in [5, 5.41) is 24.0. The number of fused-ring (bicyclic) bond motifs is 1. The molecular formula is C19H23N3O3. The van der Waals surface area contributed by atoms with Gasteiger partial charge in [-0.05, 0) is 37.8 Å². The van der Waals surface area contributed by atoms with E-state index in [1.54, 1.807) is 4.90 Å². The van der Waals surface area contributed by atoms with Crippen LogP contribution in [0, 0.1) is 12.8 Å². The van der Waals surface area contributed by atoms with Crippen LogP contribution in [-0.4, -0.2) is 56.6 Å². The molecule has 4 rings (SSSR count). The molecule has 1 saturated heterocycles. The maximum absolute atomic E-state index is 13.0. The molecule has 0 radical (unpaired) electrons. The number of β-amino-alcohol motifs (C(OH)–C–C–N with tert-alkyl or cyclic N) is 1. The van der Waals surface area contributed by atoms with E-state index < -0.39 is 6.10 Å². The molecule has 1 aliphatic carbocycles. The zero-order valence-electron chi connectivity index (χ0n) is 14.4. The summed E-state index contributed by atoms with van der Waals surface area (Å²) in [6.07, 6.45) is 2.15. The average molecular weight is 341 g/mol. The summed E-state index contributed by atoms with van der Waals surface area (Å²) in [4.78, 5) is 14.6. The van der Waals surface area contributed by atoms with Crippen molar-refractivity contribution < 1.29 is 15.0 Å². The van der Waals surface area contributed by atoms with Gasteiger partial charge in [0.1, 0.15) is 0 Å². The first-order valence-electron chi connectivity index (χ1n) is 8.85. The summed E-state index contributed by atoms with van der Waals surface area (Å²) in [5.41, 5.74) is 4.79. The Morgan fingerprint density at radius 3 is 2.80 bits per heavy atom. The van der Waals surface area contributed by atoms with E-state index >= 15 is 0 Å². The van der Waals surface area contributed by atoms with E-state index in [0.29, 0.717) is 12.2 Å². The number of aliphatic hydroxyl groups excluding tert-OH is 2. The lowest BCUT2D eigenvalue weighted by Crippen LogP contribution is -2.30. The number of likely N-dealkylation sites (tertiary alicyclic amines) is 1. The number of amides is 1. The molecule has 1 aromatic carbocycles. The van der Waals surface area contributed by atoms with Crippen LogP contribution in [-0.2, 0) is 12.8 Å². The van der Waals surface area contributed by atoms with E-state index in [0.717, 1.165) is 41.8 Å². The minimum absolute atomic E-state index is 0.110. The van der Waals surface area contributed by atoms with Gasteiger partial charge >= 0.3 is 0 Å². The Balaban J connectivity index is 1.71. The second-order valence-corrected chi connectivity index (χ2v) is 7.05. The first-order valence-corrected chi connectivity index (χ1v) is 8.85. The smallest absolute Gasteiger partial charge is 0.274 e. The van der Waals surface area contributed by atoms with Crippen LogP contribution in [0.3, 0.4) is 0 Å². The number of aliphatic hydroxyl groups is 2. The lowest BCUT2D eigenvalue weighted by Gasteiger charge is -2.15. The molecule has 1 fully saturated rings. The summed E-state index contributed by atoms with van der Waals surface area (Å²) in [5.74, 6) is -0.407. The molecule has 6 nitrogen and oxygen atoms in total. The van der Waals surface area contributed by atoms with Gasteiger partial charge in [-0.15, -0.1) is 0 Å². The van der Waals surface area contributed by atoms with Crippen molar-refractivity contribution in [3.63, 3.8) is 0 Å². The van der Waals surface area contributed by atoms with Gasteiger partial charge in [0.05, 0.1) is 18.4 Å². The topological polar surface area (TPSA) is 78.6 Å². The molecule has 2 aliphatic rings. The number of carbonyl (C=O) groups excluding carboxylic acids is 1. The molecular weight excluding hydrogens is 318 g/mol. The third-order valence-electron chi connectivity index (χ3n) is 5.40. The van der Waals surface area contributed by atoms with Gasteiger partial charge in [-0.2, -0.15) is 5.10 Å². The Bertz CT molecular complexity index is 814. The van der Waals surface area contributed by atoms with E-state index in [1.165, 1.54) is 0 Å². The van der Waals surface area contributed by atoms with Crippen molar-refractivity contribution in [1.82, 2.24) is 14.7 Å². The number of para-hydroxylation sites is 1. The van der Waals surface area contributed by atoms with Gasteiger partial charge in [-0.3, -0.25) is 4.79 Å². The highest BCUT2D eigenvalue weighted by Gasteiger charge is 2.37. The van der Waals surface area contributed by atoms with Gasteiger partial charge in [0.25, 0.3) is 5.91 Å². The largest absolute Gasteiger partial charge is 0.396 e. The normalized spacial score (nSPS) is 22.4. The molecule has 2 heterocycles. The minimum atomic E-state index is -0.666. The third kappa shape index (κ3) is 2.65. The Morgan fingerprint density at radius 1 is 1.28 bits per heavy atom. The van der Waals surface area contributed by atoms with Gasteiger partial charge in [-0.25, -0.2) is 4.68 Å². The van der Waals surface area contributed by atoms with E-state index in [4.69, 9.17) is 0 Å². The first-order chi connectivity index (χ1) is 12.1.